The van der Waals surface area contributed by atoms with Crippen molar-refractivity contribution in [1.29, 1.82) is 0 Å². The van der Waals surface area contributed by atoms with E-state index in [1.807, 2.05) is 84.9 Å². The summed E-state index contributed by atoms with van der Waals surface area (Å²) in [5.74, 6) is -0.149. The van der Waals surface area contributed by atoms with E-state index in [1.54, 1.807) is 25.7 Å². The minimum Gasteiger partial charge on any atom is -0.459 e. The SMILES string of the molecule is CC(C)CCN(CCNC(=O)OC(C)(C)C)C(=O)N[C@@H](Cc1ccc(-c2ccccc2)cc1)C(=O)OCc1ccccc1. The van der Waals surface area contributed by atoms with Gasteiger partial charge in [0, 0.05) is 26.1 Å². The Bertz CT molecular complexity index is 1290. The lowest BCUT2D eigenvalue weighted by Crippen LogP contribution is -2.51. The third-order valence-corrected chi connectivity index (χ3v) is 6.62. The van der Waals surface area contributed by atoms with Crippen molar-refractivity contribution in [2.45, 2.75) is 65.7 Å². The smallest absolute Gasteiger partial charge is 0.407 e. The van der Waals surface area contributed by atoms with Crippen molar-refractivity contribution in [3.63, 3.8) is 0 Å². The van der Waals surface area contributed by atoms with Gasteiger partial charge in [-0.25, -0.2) is 14.4 Å². The summed E-state index contributed by atoms with van der Waals surface area (Å²) in [4.78, 5) is 40.6. The zero-order valence-corrected chi connectivity index (χ0v) is 26.0. The van der Waals surface area contributed by atoms with Crippen LogP contribution in [0.25, 0.3) is 11.1 Å². The van der Waals surface area contributed by atoms with Crippen LogP contribution in [-0.4, -0.2) is 54.3 Å². The molecule has 43 heavy (non-hydrogen) atoms. The molecule has 0 unspecified atom stereocenters. The Balaban J connectivity index is 1.72. The van der Waals surface area contributed by atoms with Gasteiger partial charge < -0.3 is 25.0 Å². The number of alkyl carbamates (subject to hydrolysis) is 1. The van der Waals surface area contributed by atoms with Crippen molar-refractivity contribution in [2.24, 2.45) is 5.92 Å². The summed E-state index contributed by atoms with van der Waals surface area (Å²) < 4.78 is 11.0. The van der Waals surface area contributed by atoms with Crippen molar-refractivity contribution in [3.8, 4) is 11.1 Å². The number of urea groups is 1. The number of hydrogen-bond donors (Lipinski definition) is 2. The number of benzene rings is 3. The number of rotatable bonds is 13. The van der Waals surface area contributed by atoms with E-state index in [2.05, 4.69) is 24.5 Å². The third kappa shape index (κ3) is 12.2. The second-order valence-corrected chi connectivity index (χ2v) is 12.0. The van der Waals surface area contributed by atoms with Gasteiger partial charge in [-0.05, 0) is 55.4 Å². The lowest BCUT2D eigenvalue weighted by atomic mass is 10.0. The summed E-state index contributed by atoms with van der Waals surface area (Å²) in [5.41, 5.74) is 3.29. The predicted octanol–water partition coefficient (Wildman–Crippen LogP) is 6.59. The summed E-state index contributed by atoms with van der Waals surface area (Å²) in [6, 6.07) is 26.1. The van der Waals surface area contributed by atoms with Gasteiger partial charge >= 0.3 is 18.1 Å². The number of amides is 3. The van der Waals surface area contributed by atoms with Crippen LogP contribution in [0.5, 0.6) is 0 Å². The van der Waals surface area contributed by atoms with Crippen molar-refractivity contribution in [1.82, 2.24) is 15.5 Å². The molecule has 0 bridgehead atoms. The highest BCUT2D eigenvalue weighted by Gasteiger charge is 2.26. The van der Waals surface area contributed by atoms with E-state index in [9.17, 15) is 14.4 Å². The maximum Gasteiger partial charge on any atom is 0.407 e. The molecule has 1 atom stereocenters. The molecule has 0 saturated carbocycles. The first-order valence-electron chi connectivity index (χ1n) is 14.9. The molecule has 230 valence electrons. The van der Waals surface area contributed by atoms with Gasteiger partial charge in [0.05, 0.1) is 0 Å². The highest BCUT2D eigenvalue weighted by molar-refractivity contribution is 5.84. The van der Waals surface area contributed by atoms with Gasteiger partial charge in [-0.3, -0.25) is 0 Å². The van der Waals surface area contributed by atoms with Crippen LogP contribution in [0.15, 0.2) is 84.9 Å². The number of carbonyl (C=O) groups is 3. The van der Waals surface area contributed by atoms with Crippen LogP contribution in [0.1, 0.15) is 52.2 Å². The third-order valence-electron chi connectivity index (χ3n) is 6.62. The Morgan fingerprint density at radius 1 is 0.791 bits per heavy atom. The van der Waals surface area contributed by atoms with Crippen LogP contribution in [0.3, 0.4) is 0 Å². The molecule has 0 radical (unpaired) electrons. The standard InChI is InChI=1S/C35H45N3O5/c1-26(2)20-22-38(23-21-36-34(41)43-35(3,4)5)33(40)37-31(32(39)42-25-28-12-8-6-9-13-28)24-27-16-18-30(19-17-27)29-14-10-7-11-15-29/h6-19,26,31H,20-25H2,1-5H3,(H,36,41)(H,37,40)/t31-/m0/s1. The fraction of sp³-hybridized carbons (Fsp3) is 0.400. The number of esters is 1. The molecule has 2 N–H and O–H groups in total. The van der Waals surface area contributed by atoms with Crippen molar-refractivity contribution < 1.29 is 23.9 Å². The molecule has 0 heterocycles. The number of ether oxygens (including phenoxy) is 2. The van der Waals surface area contributed by atoms with Crippen molar-refractivity contribution >= 4 is 18.1 Å². The molecule has 3 aromatic rings. The molecule has 0 aromatic heterocycles. The molecule has 0 fully saturated rings. The molecule has 3 amide bonds. The molecule has 3 aromatic carbocycles. The van der Waals surface area contributed by atoms with Crippen molar-refractivity contribution in [3.05, 3.63) is 96.1 Å². The van der Waals surface area contributed by atoms with Crippen LogP contribution in [0, 0.1) is 5.92 Å². The largest absolute Gasteiger partial charge is 0.459 e. The Hall–Kier alpha value is -4.33. The zero-order valence-electron chi connectivity index (χ0n) is 26.0. The molecule has 0 spiro atoms. The predicted molar refractivity (Wildman–Crippen MR) is 169 cm³/mol. The van der Waals surface area contributed by atoms with Crippen LogP contribution in [0.4, 0.5) is 9.59 Å². The Morgan fingerprint density at radius 3 is 2.00 bits per heavy atom. The van der Waals surface area contributed by atoms with Crippen LogP contribution in [0.2, 0.25) is 0 Å². The first-order valence-corrected chi connectivity index (χ1v) is 14.9. The molecule has 0 aliphatic rings. The van der Waals surface area contributed by atoms with E-state index in [0.29, 0.717) is 12.5 Å². The van der Waals surface area contributed by atoms with E-state index in [4.69, 9.17) is 9.47 Å². The normalized spacial score (nSPS) is 11.9. The molecule has 0 aliphatic carbocycles. The minimum atomic E-state index is -0.904. The van der Waals surface area contributed by atoms with Gasteiger partial charge in [-0.2, -0.15) is 0 Å². The van der Waals surface area contributed by atoms with E-state index < -0.39 is 29.7 Å². The van der Waals surface area contributed by atoms with Gasteiger partial charge in [0.15, 0.2) is 0 Å². The summed E-state index contributed by atoms with van der Waals surface area (Å²) in [6.45, 7) is 10.6. The van der Waals surface area contributed by atoms with Crippen molar-refractivity contribution in [2.75, 3.05) is 19.6 Å². The second-order valence-electron chi connectivity index (χ2n) is 12.0. The molecule has 3 rings (SSSR count). The first kappa shape index (κ1) is 33.2. The fourth-order valence-electron chi connectivity index (χ4n) is 4.30. The number of hydrogen-bond acceptors (Lipinski definition) is 5. The van der Waals surface area contributed by atoms with E-state index in [0.717, 1.165) is 28.7 Å². The minimum absolute atomic E-state index is 0.107. The van der Waals surface area contributed by atoms with Gasteiger partial charge in [-0.1, -0.05) is 98.8 Å². The first-order chi connectivity index (χ1) is 20.5. The van der Waals surface area contributed by atoms with Gasteiger partial charge in [-0.15, -0.1) is 0 Å². The average molecular weight is 588 g/mol. The molecule has 0 saturated heterocycles. The summed E-state index contributed by atoms with van der Waals surface area (Å²) >= 11 is 0. The lowest BCUT2D eigenvalue weighted by molar-refractivity contribution is -0.147. The van der Waals surface area contributed by atoms with Gasteiger partial charge in [0.2, 0.25) is 0 Å². The Morgan fingerprint density at radius 2 is 1.40 bits per heavy atom. The summed E-state index contributed by atoms with van der Waals surface area (Å²) in [7, 11) is 0. The topological polar surface area (TPSA) is 97.0 Å². The number of nitrogens with one attached hydrogen (secondary N) is 2. The lowest BCUT2D eigenvalue weighted by Gasteiger charge is -2.27. The highest BCUT2D eigenvalue weighted by Crippen LogP contribution is 2.20. The summed E-state index contributed by atoms with van der Waals surface area (Å²) in [6.07, 6.45) is 0.491. The van der Waals surface area contributed by atoms with E-state index in [1.165, 1.54) is 0 Å². The maximum atomic E-state index is 13.5. The molecule has 8 nitrogen and oxygen atoms in total. The summed E-state index contributed by atoms with van der Waals surface area (Å²) in [5, 5.41) is 5.63. The number of carbonyl (C=O) groups excluding carboxylic acids is 3. The number of nitrogens with zero attached hydrogens (tertiary/aromatic N) is 1. The molecule has 0 aliphatic heterocycles. The van der Waals surface area contributed by atoms with Gasteiger partial charge in [0.1, 0.15) is 18.2 Å². The Kier molecular flexibility index (Phi) is 12.6. The molecular weight excluding hydrogens is 542 g/mol. The van der Waals surface area contributed by atoms with Crippen LogP contribution >= 0.6 is 0 Å². The average Bonchev–Trinajstić information content (AvgIpc) is 2.97. The zero-order chi connectivity index (χ0) is 31.2. The van der Waals surface area contributed by atoms with E-state index >= 15 is 0 Å². The maximum absolute atomic E-state index is 13.5. The van der Waals surface area contributed by atoms with Crippen LogP contribution < -0.4 is 10.6 Å². The molecular formula is C35H45N3O5. The second kappa shape index (κ2) is 16.3. The van der Waals surface area contributed by atoms with Gasteiger partial charge in [0.25, 0.3) is 0 Å². The van der Waals surface area contributed by atoms with E-state index in [-0.39, 0.29) is 26.1 Å². The van der Waals surface area contributed by atoms with Crippen LogP contribution in [-0.2, 0) is 27.3 Å². The Labute approximate surface area is 255 Å². The quantitative estimate of drug-likeness (QED) is 0.220. The highest BCUT2D eigenvalue weighted by atomic mass is 16.6. The molecule has 8 heteroatoms. The monoisotopic (exact) mass is 587 g/mol. The fourth-order valence-corrected chi connectivity index (χ4v) is 4.30.